The van der Waals surface area contributed by atoms with Gasteiger partial charge in [-0.3, -0.25) is 0 Å². The Labute approximate surface area is 441 Å². The number of hydrogen-bond acceptors (Lipinski definition) is 12. The third-order valence-corrected chi connectivity index (χ3v) is 14.3. The van der Waals surface area contributed by atoms with Gasteiger partial charge >= 0.3 is 11.9 Å². The number of thiazole rings is 2. The molecule has 0 spiro atoms. The van der Waals surface area contributed by atoms with Gasteiger partial charge in [-0.2, -0.15) is 0 Å². The van der Waals surface area contributed by atoms with E-state index in [1.165, 1.54) is 11.1 Å². The number of fused-ring (bicyclic) bond motifs is 2. The number of aryl methyl sites for hydroxylation is 4. The first-order valence-electron chi connectivity index (χ1n) is 25.5. The Kier molecular flexibility index (Phi) is 19.4. The summed E-state index contributed by atoms with van der Waals surface area (Å²) < 4.78 is 38.9. The molecule has 8 aromatic rings. The van der Waals surface area contributed by atoms with Crippen LogP contribution in [0, 0.1) is 13.8 Å². The molecule has 392 valence electrons. The smallest absolute Gasteiger partial charge is 0.326 e. The molecule has 0 saturated carbocycles. The average Bonchev–Trinajstić information content (AvgIpc) is 4.19. The maximum atomic E-state index is 11.3. The normalized spacial score (nSPS) is 12.0. The fourth-order valence-electron chi connectivity index (χ4n) is 8.43. The fraction of sp³-hybridized carbons (Fsp3) is 0.379. The van der Waals surface area contributed by atoms with Gasteiger partial charge < -0.3 is 47.8 Å². The van der Waals surface area contributed by atoms with Crippen LogP contribution in [0.25, 0.3) is 42.9 Å². The third-order valence-electron chi connectivity index (χ3n) is 12.3. The lowest BCUT2D eigenvalue weighted by molar-refractivity contribution is -0.141. The lowest BCUT2D eigenvalue weighted by Crippen LogP contribution is -2.14. The number of nitrogens with zero attached hydrogens (tertiary/aromatic N) is 4. The van der Waals surface area contributed by atoms with Crippen molar-refractivity contribution in [2.75, 3.05) is 39.6 Å². The number of hydrogen-bond donors (Lipinski definition) is 2. The molecule has 0 bridgehead atoms. The van der Waals surface area contributed by atoms with Crippen LogP contribution < -0.4 is 28.4 Å². The molecule has 0 amide bonds. The van der Waals surface area contributed by atoms with E-state index in [-0.39, 0.29) is 0 Å². The molecule has 2 atom stereocenters. The summed E-state index contributed by atoms with van der Waals surface area (Å²) in [6.45, 7) is 19.0. The van der Waals surface area contributed by atoms with E-state index < -0.39 is 24.0 Å². The minimum Gasteiger partial charge on any atom is -0.493 e. The van der Waals surface area contributed by atoms with Crippen molar-refractivity contribution in [1.82, 2.24) is 19.1 Å². The molecule has 0 saturated heterocycles. The van der Waals surface area contributed by atoms with Crippen molar-refractivity contribution in [3.8, 4) is 55.9 Å². The van der Waals surface area contributed by atoms with Gasteiger partial charge in [0.15, 0.2) is 0 Å². The van der Waals surface area contributed by atoms with E-state index in [1.807, 2.05) is 88.4 Å². The highest BCUT2D eigenvalue weighted by atomic mass is 32.1. The van der Waals surface area contributed by atoms with Gasteiger partial charge in [-0.05, 0) is 150 Å². The van der Waals surface area contributed by atoms with Crippen molar-refractivity contribution in [1.29, 1.82) is 0 Å². The summed E-state index contributed by atoms with van der Waals surface area (Å²) in [6, 6.07) is 26.6. The van der Waals surface area contributed by atoms with Crippen LogP contribution in [0.3, 0.4) is 0 Å². The number of carboxylic acid groups (broad SMARTS) is 2. The van der Waals surface area contributed by atoms with Gasteiger partial charge in [0, 0.05) is 58.2 Å². The summed E-state index contributed by atoms with van der Waals surface area (Å²) >= 11 is 3.29. The van der Waals surface area contributed by atoms with Crippen LogP contribution in [0.15, 0.2) is 97.3 Å². The highest BCUT2D eigenvalue weighted by molar-refractivity contribution is 7.15. The molecule has 16 heteroatoms. The number of carbonyl (C=O) groups is 2. The fourth-order valence-corrected chi connectivity index (χ4v) is 10.1. The Balaban J connectivity index is 0.000000216. The van der Waals surface area contributed by atoms with Crippen LogP contribution in [0.4, 0.5) is 0 Å². The molecule has 0 unspecified atom stereocenters. The lowest BCUT2D eigenvalue weighted by Gasteiger charge is -2.13. The highest BCUT2D eigenvalue weighted by Gasteiger charge is 2.18. The molecule has 8 rings (SSSR count). The second kappa shape index (κ2) is 26.3. The Bertz CT molecular complexity index is 2930. The van der Waals surface area contributed by atoms with Gasteiger partial charge in [0.25, 0.3) is 0 Å². The van der Waals surface area contributed by atoms with Crippen molar-refractivity contribution in [3.05, 3.63) is 118 Å². The monoisotopic (exact) mass is 1040 g/mol. The lowest BCUT2D eigenvalue weighted by atomic mass is 10.1. The number of benzene rings is 4. The molecule has 14 nitrogen and oxygen atoms in total. The minimum absolute atomic E-state index is 0.525. The second-order valence-corrected chi connectivity index (χ2v) is 20.2. The Morgan fingerprint density at radius 2 is 0.946 bits per heavy atom. The zero-order valence-corrected chi connectivity index (χ0v) is 45.3. The second-order valence-electron chi connectivity index (χ2n) is 17.8. The Morgan fingerprint density at radius 1 is 0.541 bits per heavy atom. The Morgan fingerprint density at radius 3 is 1.32 bits per heavy atom. The predicted molar refractivity (Wildman–Crippen MR) is 295 cm³/mol. The first-order chi connectivity index (χ1) is 35.8. The minimum atomic E-state index is -0.858. The molecule has 0 aliphatic heterocycles. The summed E-state index contributed by atoms with van der Waals surface area (Å²) in [5.74, 6) is 3.03. The molecule has 2 N–H and O–H groups in total. The maximum Gasteiger partial charge on any atom is 0.326 e. The summed E-state index contributed by atoms with van der Waals surface area (Å²) in [5, 5.41) is 22.4. The van der Waals surface area contributed by atoms with Gasteiger partial charge in [-0.1, -0.05) is 26.7 Å². The largest absolute Gasteiger partial charge is 0.493 e. The maximum absolute atomic E-state index is 11.3. The predicted octanol–water partition coefficient (Wildman–Crippen LogP) is 13.8. The van der Waals surface area contributed by atoms with Crippen LogP contribution in [0.2, 0.25) is 0 Å². The number of carboxylic acids is 2. The van der Waals surface area contributed by atoms with Crippen molar-refractivity contribution in [2.45, 2.75) is 106 Å². The first kappa shape index (κ1) is 54.7. The topological polar surface area (TPSA) is 166 Å². The zero-order valence-electron chi connectivity index (χ0n) is 43.6. The van der Waals surface area contributed by atoms with Crippen LogP contribution >= 0.6 is 22.7 Å². The van der Waals surface area contributed by atoms with Crippen molar-refractivity contribution < 1.29 is 48.2 Å². The van der Waals surface area contributed by atoms with E-state index in [9.17, 15) is 19.8 Å². The summed E-state index contributed by atoms with van der Waals surface area (Å²) in [7, 11) is 0. The number of ether oxygens (including phenoxy) is 6. The van der Waals surface area contributed by atoms with Gasteiger partial charge in [0.05, 0.1) is 49.4 Å². The summed E-state index contributed by atoms with van der Waals surface area (Å²) in [6.07, 6.45) is 9.00. The van der Waals surface area contributed by atoms with Crippen molar-refractivity contribution in [3.63, 3.8) is 0 Å². The quantitative estimate of drug-likeness (QED) is 0.0494. The van der Waals surface area contributed by atoms with Crippen molar-refractivity contribution in [2.24, 2.45) is 0 Å². The van der Waals surface area contributed by atoms with E-state index in [2.05, 4.69) is 48.1 Å². The van der Waals surface area contributed by atoms with Gasteiger partial charge in [-0.15, -0.1) is 22.7 Å². The molecule has 4 aromatic carbocycles. The SMILES string of the molecule is CCCc1cc(-c2nc(OCC)c(C)s2)ccc1OCCCOc1ccc2c(ccn2[C@@H](C)C(=O)O)c1.CCCc1cc(-c2nc(OCC)c(C)s2)ccc1OCCCOc1ccc2c(ccn2[C@H](C)C(=O)O)c1. The van der Waals surface area contributed by atoms with Crippen molar-refractivity contribution >= 4 is 56.4 Å². The highest BCUT2D eigenvalue weighted by Crippen LogP contribution is 2.37. The number of rotatable bonds is 26. The Hall–Kier alpha value is -7.04. The number of aromatic nitrogens is 4. The number of aliphatic carboxylic acids is 2. The molecule has 74 heavy (non-hydrogen) atoms. The van der Waals surface area contributed by atoms with E-state index in [0.29, 0.717) is 51.4 Å². The van der Waals surface area contributed by atoms with E-state index in [1.54, 1.807) is 58.0 Å². The van der Waals surface area contributed by atoms with E-state index in [0.717, 1.165) is 114 Å². The molecular formula is C58H68N4O10S2. The summed E-state index contributed by atoms with van der Waals surface area (Å²) in [4.78, 5) is 34.1. The van der Waals surface area contributed by atoms with E-state index >= 15 is 0 Å². The average molecular weight is 1050 g/mol. The molecule has 0 aliphatic carbocycles. The van der Waals surface area contributed by atoms with Gasteiger partial charge in [0.1, 0.15) is 45.1 Å². The summed E-state index contributed by atoms with van der Waals surface area (Å²) in [5.41, 5.74) is 6.27. The first-order valence-corrected chi connectivity index (χ1v) is 27.1. The molecule has 0 radical (unpaired) electrons. The molecule has 4 aromatic heterocycles. The standard InChI is InChI=1S/2C29H34N2O5S/c2*1-5-8-22-17-23(28-30-27(34-6-2)20(4)37-28)9-12-26(22)36-16-7-15-35-24-10-11-25-21(18-24)13-14-31(25)19(3)29(32)33/h2*9-14,17-19H,5-8,15-16H2,1-4H3,(H,32,33)/t2*19-/m10/s1. The van der Waals surface area contributed by atoms with Crippen LogP contribution in [0.1, 0.15) is 100 Å². The molecule has 0 aliphatic rings. The molecular weight excluding hydrogens is 977 g/mol. The van der Waals surface area contributed by atoms with Crippen LogP contribution in [-0.2, 0) is 22.4 Å². The van der Waals surface area contributed by atoms with Gasteiger partial charge in [-0.25, -0.2) is 19.6 Å². The third kappa shape index (κ3) is 13.8. The van der Waals surface area contributed by atoms with Crippen LogP contribution in [0.5, 0.6) is 34.8 Å². The molecule has 0 fully saturated rings. The van der Waals surface area contributed by atoms with Crippen LogP contribution in [-0.4, -0.2) is 80.9 Å². The van der Waals surface area contributed by atoms with Gasteiger partial charge in [0.2, 0.25) is 11.8 Å². The van der Waals surface area contributed by atoms with E-state index in [4.69, 9.17) is 28.4 Å². The zero-order chi connectivity index (χ0) is 52.7. The molecule has 4 heterocycles.